The Kier molecular flexibility index (Phi) is 3.72. The third kappa shape index (κ3) is 3.81. The molecule has 0 bridgehead atoms. The van der Waals surface area contributed by atoms with Crippen LogP contribution < -0.4 is 0 Å². The van der Waals surface area contributed by atoms with Gasteiger partial charge in [-0.2, -0.15) is 13.2 Å². The first-order valence-corrected chi connectivity index (χ1v) is 5.74. The van der Waals surface area contributed by atoms with Gasteiger partial charge in [-0.25, -0.2) is 0 Å². The van der Waals surface area contributed by atoms with Crippen molar-refractivity contribution in [2.24, 2.45) is 5.41 Å². The molecule has 0 aliphatic carbocycles. The number of alkyl halides is 3. The fourth-order valence-electron chi connectivity index (χ4n) is 1.51. The zero-order valence-electron chi connectivity index (χ0n) is 9.45. The smallest absolute Gasteiger partial charge is 0.166 e. The van der Waals surface area contributed by atoms with Crippen molar-refractivity contribution in [2.45, 2.75) is 33.4 Å². The molecule has 0 unspecified atom stereocenters. The molecule has 0 aromatic heterocycles. The Labute approximate surface area is 102 Å². The maximum absolute atomic E-state index is 12.5. The second-order valence-electron chi connectivity index (χ2n) is 5.05. The second kappa shape index (κ2) is 4.40. The predicted molar refractivity (Wildman–Crippen MR) is 62.3 cm³/mol. The van der Waals surface area contributed by atoms with E-state index in [1.807, 2.05) is 0 Å². The molecule has 0 N–H and O–H groups in total. The molecule has 1 aromatic carbocycles. The van der Waals surface area contributed by atoms with Gasteiger partial charge in [0.25, 0.3) is 0 Å². The van der Waals surface area contributed by atoms with E-state index < -0.39 is 11.7 Å². The van der Waals surface area contributed by atoms with Crippen LogP contribution in [0, 0.1) is 5.41 Å². The van der Waals surface area contributed by atoms with Crippen molar-refractivity contribution < 1.29 is 13.2 Å². The van der Waals surface area contributed by atoms with Crippen molar-refractivity contribution in [1.82, 2.24) is 0 Å². The Morgan fingerprint density at radius 3 is 2.06 bits per heavy atom. The first kappa shape index (κ1) is 13.6. The predicted octanol–water partition coefficient (Wildman–Crippen LogP) is 5.06. The first-order chi connectivity index (χ1) is 7.09. The van der Waals surface area contributed by atoms with E-state index in [2.05, 4.69) is 36.7 Å². The van der Waals surface area contributed by atoms with Gasteiger partial charge in [-0.3, -0.25) is 0 Å². The van der Waals surface area contributed by atoms with Crippen molar-refractivity contribution in [3.05, 3.63) is 33.8 Å². The van der Waals surface area contributed by atoms with Crippen molar-refractivity contribution in [1.29, 1.82) is 0 Å². The Morgan fingerprint density at radius 2 is 1.69 bits per heavy atom. The van der Waals surface area contributed by atoms with E-state index in [-0.39, 0.29) is 9.89 Å². The second-order valence-corrected chi connectivity index (χ2v) is 5.90. The summed E-state index contributed by atoms with van der Waals surface area (Å²) < 4.78 is 37.6. The average Bonchev–Trinajstić information content (AvgIpc) is 1.97. The highest BCUT2D eigenvalue weighted by molar-refractivity contribution is 9.10. The summed E-state index contributed by atoms with van der Waals surface area (Å²) in [6, 6.07) is 4.22. The Morgan fingerprint density at radius 1 is 1.12 bits per heavy atom. The molecule has 0 amide bonds. The van der Waals surface area contributed by atoms with Crippen molar-refractivity contribution in [3.63, 3.8) is 0 Å². The molecule has 0 saturated heterocycles. The zero-order valence-corrected chi connectivity index (χ0v) is 11.0. The van der Waals surface area contributed by atoms with Crippen molar-refractivity contribution >= 4 is 15.9 Å². The molecule has 0 nitrogen and oxygen atoms in total. The summed E-state index contributed by atoms with van der Waals surface area (Å²) in [5.41, 5.74) is 0.358. The largest absolute Gasteiger partial charge is 0.417 e. The Balaban J connectivity index is 3.01. The van der Waals surface area contributed by atoms with E-state index in [0.717, 1.165) is 18.1 Å². The highest BCUT2D eigenvalue weighted by Gasteiger charge is 2.32. The van der Waals surface area contributed by atoms with Crippen LogP contribution in [0.5, 0.6) is 0 Å². The first-order valence-electron chi connectivity index (χ1n) is 4.95. The van der Waals surface area contributed by atoms with E-state index in [1.54, 1.807) is 12.1 Å². The molecule has 0 aliphatic rings. The Hall–Kier alpha value is -0.510. The number of benzene rings is 1. The number of hydrogen-bond acceptors (Lipinski definition) is 0. The highest BCUT2D eigenvalue weighted by atomic mass is 79.9. The lowest BCUT2D eigenvalue weighted by Gasteiger charge is -2.19. The number of rotatable bonds is 1. The highest BCUT2D eigenvalue weighted by Crippen LogP contribution is 2.35. The summed E-state index contributed by atoms with van der Waals surface area (Å²) in [5.74, 6) is 0. The minimum absolute atomic E-state index is 0.0686. The summed E-state index contributed by atoms with van der Waals surface area (Å²) in [5, 5.41) is 0. The van der Waals surface area contributed by atoms with E-state index in [9.17, 15) is 13.2 Å². The Bertz CT molecular complexity index is 375. The summed E-state index contributed by atoms with van der Waals surface area (Å²) in [7, 11) is 0. The van der Waals surface area contributed by atoms with Crippen LogP contribution in [0.25, 0.3) is 0 Å². The number of halogens is 4. The van der Waals surface area contributed by atoms with Gasteiger partial charge < -0.3 is 0 Å². The molecule has 0 fully saturated rings. The lowest BCUT2D eigenvalue weighted by Crippen LogP contribution is -2.10. The van der Waals surface area contributed by atoms with Crippen LogP contribution in [0.4, 0.5) is 13.2 Å². The molecular weight excluding hydrogens is 281 g/mol. The van der Waals surface area contributed by atoms with E-state index in [4.69, 9.17) is 0 Å². The molecule has 1 rings (SSSR count). The lowest BCUT2D eigenvalue weighted by molar-refractivity contribution is -0.138. The van der Waals surface area contributed by atoms with Crippen LogP contribution in [-0.2, 0) is 12.6 Å². The van der Waals surface area contributed by atoms with Gasteiger partial charge in [0.15, 0.2) is 0 Å². The molecule has 90 valence electrons. The van der Waals surface area contributed by atoms with Crippen LogP contribution in [0.3, 0.4) is 0 Å². The van der Waals surface area contributed by atoms with Crippen LogP contribution in [0.15, 0.2) is 22.7 Å². The van der Waals surface area contributed by atoms with Crippen molar-refractivity contribution in [3.8, 4) is 0 Å². The minimum Gasteiger partial charge on any atom is -0.166 e. The van der Waals surface area contributed by atoms with Crippen LogP contribution in [0.2, 0.25) is 0 Å². The molecule has 0 heterocycles. The minimum atomic E-state index is -4.29. The molecule has 0 atom stereocenters. The molecule has 1 aromatic rings. The van der Waals surface area contributed by atoms with Crippen LogP contribution in [0.1, 0.15) is 31.9 Å². The maximum atomic E-state index is 12.5. The topological polar surface area (TPSA) is 0 Å². The van der Waals surface area contributed by atoms with Gasteiger partial charge in [-0.1, -0.05) is 42.8 Å². The zero-order chi connectivity index (χ0) is 12.6. The van der Waals surface area contributed by atoms with Gasteiger partial charge in [0.2, 0.25) is 0 Å². The summed E-state index contributed by atoms with van der Waals surface area (Å²) in [6.45, 7) is 6.16. The van der Waals surface area contributed by atoms with E-state index in [0.29, 0.717) is 0 Å². The van der Waals surface area contributed by atoms with Gasteiger partial charge >= 0.3 is 6.18 Å². The fourth-order valence-corrected chi connectivity index (χ4v) is 2.16. The molecule has 0 spiro atoms. The van der Waals surface area contributed by atoms with Gasteiger partial charge in [0.05, 0.1) is 5.56 Å². The van der Waals surface area contributed by atoms with Gasteiger partial charge in [0.1, 0.15) is 0 Å². The van der Waals surface area contributed by atoms with Crippen molar-refractivity contribution in [2.75, 3.05) is 0 Å². The van der Waals surface area contributed by atoms with Gasteiger partial charge in [-0.05, 0) is 29.5 Å². The van der Waals surface area contributed by atoms with Crippen LogP contribution >= 0.6 is 15.9 Å². The molecule has 0 aliphatic heterocycles. The summed E-state index contributed by atoms with van der Waals surface area (Å²) >= 11 is 2.97. The third-order valence-corrected chi connectivity index (χ3v) is 2.73. The normalized spacial score (nSPS) is 12.9. The standard InChI is InChI=1S/C12H14BrF3/c1-11(2,3)7-8-4-5-9(10(13)6-8)12(14,15)16/h4-6H,7H2,1-3H3. The maximum Gasteiger partial charge on any atom is 0.417 e. The fraction of sp³-hybridized carbons (Fsp3) is 0.500. The quantitative estimate of drug-likeness (QED) is 0.679. The molecule has 0 radical (unpaired) electrons. The molecule has 4 heteroatoms. The SMILES string of the molecule is CC(C)(C)Cc1ccc(C(F)(F)F)c(Br)c1. The lowest BCUT2D eigenvalue weighted by atomic mass is 9.88. The summed E-state index contributed by atoms with van der Waals surface area (Å²) in [4.78, 5) is 0. The molecular formula is C12H14BrF3. The number of hydrogen-bond donors (Lipinski definition) is 0. The van der Waals surface area contributed by atoms with Crippen LogP contribution in [-0.4, -0.2) is 0 Å². The molecule has 0 saturated carbocycles. The van der Waals surface area contributed by atoms with Gasteiger partial charge in [-0.15, -0.1) is 0 Å². The van der Waals surface area contributed by atoms with E-state index in [1.165, 1.54) is 0 Å². The average molecular weight is 295 g/mol. The third-order valence-electron chi connectivity index (χ3n) is 2.07. The monoisotopic (exact) mass is 294 g/mol. The molecule has 16 heavy (non-hydrogen) atoms. The summed E-state index contributed by atoms with van der Waals surface area (Å²) in [6.07, 6.45) is -3.54. The van der Waals surface area contributed by atoms with E-state index >= 15 is 0 Å². The van der Waals surface area contributed by atoms with Gasteiger partial charge in [0, 0.05) is 4.47 Å².